The average molecular weight is 272 g/mol. The molecular weight excluding hydrogens is 262 g/mol. The van der Waals surface area contributed by atoms with E-state index < -0.39 is 11.6 Å². The summed E-state index contributed by atoms with van der Waals surface area (Å²) in [6.07, 6.45) is 3.49. The Labute approximate surface area is 114 Å². The first-order chi connectivity index (χ1) is 9.70. The van der Waals surface area contributed by atoms with Crippen LogP contribution in [0.5, 0.6) is 0 Å². The van der Waals surface area contributed by atoms with E-state index in [4.69, 9.17) is 5.26 Å². The third-order valence-electron chi connectivity index (χ3n) is 3.38. The monoisotopic (exact) mass is 272 g/mol. The van der Waals surface area contributed by atoms with Crippen LogP contribution in [0.15, 0.2) is 24.5 Å². The lowest BCUT2D eigenvalue weighted by atomic mass is 9.99. The van der Waals surface area contributed by atoms with Crippen molar-refractivity contribution in [2.75, 3.05) is 11.4 Å². The van der Waals surface area contributed by atoms with Crippen molar-refractivity contribution in [3.63, 3.8) is 0 Å². The van der Waals surface area contributed by atoms with Crippen molar-refractivity contribution in [3.8, 4) is 6.07 Å². The molecule has 0 saturated carbocycles. The molecule has 20 heavy (non-hydrogen) atoms. The number of aromatic nitrogens is 2. The normalized spacial score (nSPS) is 13.8. The van der Waals surface area contributed by atoms with Crippen LogP contribution in [0.4, 0.5) is 14.6 Å². The van der Waals surface area contributed by atoms with E-state index in [1.807, 2.05) is 6.07 Å². The van der Waals surface area contributed by atoms with Gasteiger partial charge in [0.2, 0.25) is 0 Å². The lowest BCUT2D eigenvalue weighted by Gasteiger charge is -2.30. The lowest BCUT2D eigenvalue weighted by Crippen LogP contribution is -2.32. The number of anilines is 1. The molecule has 0 atom stereocenters. The average Bonchev–Trinajstić information content (AvgIpc) is 2.51. The number of nitriles is 1. The van der Waals surface area contributed by atoms with Gasteiger partial charge in [0.1, 0.15) is 6.07 Å². The van der Waals surface area contributed by atoms with Crippen LogP contribution in [0.1, 0.15) is 16.8 Å². The SMILES string of the molecule is N#Cc1nccnc1N1CCc2ccc(F)c(F)c2C1. The molecule has 0 unspecified atom stereocenters. The zero-order valence-electron chi connectivity index (χ0n) is 10.5. The molecule has 6 heteroatoms. The summed E-state index contributed by atoms with van der Waals surface area (Å²) in [4.78, 5) is 9.80. The highest BCUT2D eigenvalue weighted by atomic mass is 19.2. The first kappa shape index (κ1) is 12.5. The van der Waals surface area contributed by atoms with E-state index >= 15 is 0 Å². The van der Waals surface area contributed by atoms with Gasteiger partial charge in [0.25, 0.3) is 0 Å². The second-order valence-corrected chi connectivity index (χ2v) is 4.51. The molecule has 1 aliphatic rings. The summed E-state index contributed by atoms with van der Waals surface area (Å²) in [6.45, 7) is 0.776. The number of benzene rings is 1. The number of hydrogen-bond acceptors (Lipinski definition) is 4. The van der Waals surface area contributed by atoms with E-state index in [1.165, 1.54) is 12.4 Å². The highest BCUT2D eigenvalue weighted by Gasteiger charge is 2.24. The Bertz CT molecular complexity index is 709. The minimum Gasteiger partial charge on any atom is -0.349 e. The van der Waals surface area contributed by atoms with Crippen molar-refractivity contribution in [2.24, 2.45) is 0 Å². The quantitative estimate of drug-likeness (QED) is 0.798. The molecule has 0 bridgehead atoms. The summed E-state index contributed by atoms with van der Waals surface area (Å²) < 4.78 is 27.2. The van der Waals surface area contributed by atoms with Gasteiger partial charge in [0.05, 0.1) is 0 Å². The van der Waals surface area contributed by atoms with Crippen LogP contribution < -0.4 is 4.90 Å². The molecule has 1 aromatic heterocycles. The van der Waals surface area contributed by atoms with Crippen molar-refractivity contribution in [3.05, 3.63) is 53.0 Å². The molecule has 0 amide bonds. The van der Waals surface area contributed by atoms with Crippen molar-refractivity contribution < 1.29 is 8.78 Å². The minimum absolute atomic E-state index is 0.187. The number of halogens is 2. The van der Waals surface area contributed by atoms with Gasteiger partial charge in [-0.1, -0.05) is 6.07 Å². The van der Waals surface area contributed by atoms with Gasteiger partial charge in [-0.25, -0.2) is 18.7 Å². The van der Waals surface area contributed by atoms with Crippen LogP contribution in [0.2, 0.25) is 0 Å². The van der Waals surface area contributed by atoms with Crippen LogP contribution in [0.25, 0.3) is 0 Å². The van der Waals surface area contributed by atoms with E-state index in [-0.39, 0.29) is 12.2 Å². The van der Waals surface area contributed by atoms with E-state index in [1.54, 1.807) is 11.0 Å². The second kappa shape index (κ2) is 4.85. The smallest absolute Gasteiger partial charge is 0.183 e. The highest BCUT2D eigenvalue weighted by Crippen LogP contribution is 2.27. The summed E-state index contributed by atoms with van der Waals surface area (Å²) in [5.41, 5.74) is 1.31. The number of fused-ring (bicyclic) bond motifs is 1. The first-order valence-corrected chi connectivity index (χ1v) is 6.12. The molecule has 0 saturated heterocycles. The predicted octanol–water partition coefficient (Wildman–Crippen LogP) is 2.19. The van der Waals surface area contributed by atoms with Gasteiger partial charge in [-0.2, -0.15) is 5.26 Å². The zero-order chi connectivity index (χ0) is 14.1. The molecule has 1 aromatic carbocycles. The maximum Gasteiger partial charge on any atom is 0.183 e. The summed E-state index contributed by atoms with van der Waals surface area (Å²) in [7, 11) is 0. The molecule has 0 spiro atoms. The molecule has 0 radical (unpaired) electrons. The van der Waals surface area contributed by atoms with Crippen molar-refractivity contribution in [1.29, 1.82) is 5.26 Å². The molecule has 2 heterocycles. The van der Waals surface area contributed by atoms with Gasteiger partial charge < -0.3 is 4.90 Å². The topological polar surface area (TPSA) is 52.8 Å². The molecule has 4 nitrogen and oxygen atoms in total. The van der Waals surface area contributed by atoms with Gasteiger partial charge in [0, 0.05) is 31.0 Å². The molecule has 0 N–H and O–H groups in total. The Balaban J connectivity index is 2.00. The second-order valence-electron chi connectivity index (χ2n) is 4.51. The number of rotatable bonds is 1. The molecule has 0 fully saturated rings. The van der Waals surface area contributed by atoms with Crippen LogP contribution in [0, 0.1) is 23.0 Å². The van der Waals surface area contributed by atoms with Gasteiger partial charge in [-0.15, -0.1) is 0 Å². The Hall–Kier alpha value is -2.55. The fraction of sp³-hybridized carbons (Fsp3) is 0.214. The van der Waals surface area contributed by atoms with Gasteiger partial charge in [-0.3, -0.25) is 0 Å². The van der Waals surface area contributed by atoms with E-state index in [9.17, 15) is 8.78 Å². The lowest BCUT2D eigenvalue weighted by molar-refractivity contribution is 0.490. The minimum atomic E-state index is -0.856. The Morgan fingerprint density at radius 1 is 1.20 bits per heavy atom. The number of hydrogen-bond donors (Lipinski definition) is 0. The molecule has 1 aliphatic heterocycles. The first-order valence-electron chi connectivity index (χ1n) is 6.12. The van der Waals surface area contributed by atoms with Crippen molar-refractivity contribution >= 4 is 5.82 Å². The van der Waals surface area contributed by atoms with Gasteiger partial charge >= 0.3 is 0 Å². The zero-order valence-corrected chi connectivity index (χ0v) is 10.5. The Morgan fingerprint density at radius 2 is 2.00 bits per heavy atom. The third kappa shape index (κ3) is 1.97. The van der Waals surface area contributed by atoms with Crippen LogP contribution in [0.3, 0.4) is 0 Å². The highest BCUT2D eigenvalue weighted by molar-refractivity contribution is 5.52. The Kier molecular flexibility index (Phi) is 3.03. The maximum absolute atomic E-state index is 13.9. The third-order valence-corrected chi connectivity index (χ3v) is 3.38. The largest absolute Gasteiger partial charge is 0.349 e. The molecule has 0 aliphatic carbocycles. The maximum atomic E-state index is 13.9. The van der Waals surface area contributed by atoms with Crippen LogP contribution >= 0.6 is 0 Å². The fourth-order valence-corrected chi connectivity index (χ4v) is 2.38. The number of nitrogens with zero attached hydrogens (tertiary/aromatic N) is 4. The fourth-order valence-electron chi connectivity index (χ4n) is 2.38. The summed E-state index contributed by atoms with van der Waals surface area (Å²) >= 11 is 0. The summed E-state index contributed by atoms with van der Waals surface area (Å²) in [5.74, 6) is -1.27. The van der Waals surface area contributed by atoms with Crippen molar-refractivity contribution in [1.82, 2.24) is 9.97 Å². The summed E-state index contributed by atoms with van der Waals surface area (Å²) in [5, 5.41) is 9.03. The van der Waals surface area contributed by atoms with Gasteiger partial charge in [-0.05, 0) is 18.1 Å². The van der Waals surface area contributed by atoms with E-state index in [2.05, 4.69) is 9.97 Å². The van der Waals surface area contributed by atoms with Crippen molar-refractivity contribution in [2.45, 2.75) is 13.0 Å². The predicted molar refractivity (Wildman–Crippen MR) is 67.9 cm³/mol. The summed E-state index contributed by atoms with van der Waals surface area (Å²) in [6, 6.07) is 4.71. The molecular formula is C14H10F2N4. The molecule has 100 valence electrons. The van der Waals surface area contributed by atoms with E-state index in [0.717, 1.165) is 11.6 Å². The van der Waals surface area contributed by atoms with Crippen LogP contribution in [-0.2, 0) is 13.0 Å². The molecule has 2 aromatic rings. The Morgan fingerprint density at radius 3 is 2.80 bits per heavy atom. The standard InChI is InChI=1S/C14H10F2N4/c15-11-2-1-9-3-6-20(8-10(9)13(11)16)14-12(7-17)18-4-5-19-14/h1-2,4-5H,3,6,8H2. The molecule has 3 rings (SSSR count). The van der Waals surface area contributed by atoms with Gasteiger partial charge in [0.15, 0.2) is 23.1 Å². The van der Waals surface area contributed by atoms with Crippen LogP contribution in [-0.4, -0.2) is 16.5 Å². The van der Waals surface area contributed by atoms with E-state index in [0.29, 0.717) is 24.3 Å².